The Morgan fingerprint density at radius 2 is 1.42 bits per heavy atom. The summed E-state index contributed by atoms with van der Waals surface area (Å²) in [6.07, 6.45) is 3.85. The highest BCUT2D eigenvalue weighted by Crippen LogP contribution is 2.16. The van der Waals surface area contributed by atoms with Gasteiger partial charge in [0.1, 0.15) is 5.75 Å². The van der Waals surface area contributed by atoms with Crippen molar-refractivity contribution in [2.75, 3.05) is 7.11 Å². The fourth-order valence-electron chi connectivity index (χ4n) is 1.61. The molecule has 0 spiro atoms. The van der Waals surface area contributed by atoms with Crippen LogP contribution in [0.5, 0.6) is 5.75 Å². The van der Waals surface area contributed by atoms with Crippen molar-refractivity contribution >= 4 is 17.8 Å². The van der Waals surface area contributed by atoms with Crippen LogP contribution in [0.25, 0.3) is 12.2 Å². The molecule has 0 aromatic heterocycles. The minimum Gasteiger partial charge on any atom is -0.497 e. The third-order valence-corrected chi connectivity index (χ3v) is 2.69. The minimum absolute atomic E-state index is 0.0987. The van der Waals surface area contributed by atoms with E-state index in [-0.39, 0.29) is 5.69 Å². The Labute approximate surface area is 111 Å². The molecule has 0 aliphatic carbocycles. The summed E-state index contributed by atoms with van der Waals surface area (Å²) >= 11 is 0. The molecule has 0 bridgehead atoms. The van der Waals surface area contributed by atoms with Crippen LogP contribution in [0.4, 0.5) is 5.69 Å². The number of hydrogen-bond donors (Lipinski definition) is 0. The molecule has 0 radical (unpaired) electrons. The summed E-state index contributed by atoms with van der Waals surface area (Å²) in [5.74, 6) is 0.812. The van der Waals surface area contributed by atoms with Gasteiger partial charge in [-0.2, -0.15) is 0 Å². The number of nitro benzene ring substituents is 1. The van der Waals surface area contributed by atoms with E-state index in [1.54, 1.807) is 19.2 Å². The number of ether oxygens (including phenoxy) is 1. The summed E-state index contributed by atoms with van der Waals surface area (Å²) in [5.41, 5.74) is 2.06. The Balaban J connectivity index is 2.10. The molecule has 19 heavy (non-hydrogen) atoms. The lowest BCUT2D eigenvalue weighted by atomic mass is 10.1. The highest BCUT2D eigenvalue weighted by atomic mass is 16.6. The molecule has 0 aliphatic rings. The predicted molar refractivity (Wildman–Crippen MR) is 75.0 cm³/mol. The van der Waals surface area contributed by atoms with Crippen molar-refractivity contribution in [3.63, 3.8) is 0 Å². The molecule has 0 aliphatic heterocycles. The second-order valence-corrected chi connectivity index (χ2v) is 3.96. The van der Waals surface area contributed by atoms with E-state index in [4.69, 9.17) is 4.74 Å². The summed E-state index contributed by atoms with van der Waals surface area (Å²) < 4.78 is 5.08. The number of methoxy groups -OCH3 is 1. The van der Waals surface area contributed by atoms with Crippen molar-refractivity contribution in [3.05, 3.63) is 69.8 Å². The Kier molecular flexibility index (Phi) is 3.93. The number of rotatable bonds is 4. The first-order chi connectivity index (χ1) is 9.19. The summed E-state index contributed by atoms with van der Waals surface area (Å²) in [6, 6.07) is 14.1. The van der Waals surface area contributed by atoms with Gasteiger partial charge in [-0.05, 0) is 35.4 Å². The monoisotopic (exact) mass is 255 g/mol. The third kappa shape index (κ3) is 3.42. The lowest BCUT2D eigenvalue weighted by Gasteiger charge is -1.99. The zero-order chi connectivity index (χ0) is 13.7. The molecule has 4 nitrogen and oxygen atoms in total. The Hall–Kier alpha value is -2.62. The largest absolute Gasteiger partial charge is 0.497 e. The lowest BCUT2D eigenvalue weighted by Crippen LogP contribution is -1.86. The van der Waals surface area contributed by atoms with E-state index in [0.29, 0.717) is 0 Å². The summed E-state index contributed by atoms with van der Waals surface area (Å²) in [6.45, 7) is 0. The number of hydrogen-bond acceptors (Lipinski definition) is 3. The molecular formula is C15H13NO3. The molecule has 2 aromatic carbocycles. The SMILES string of the molecule is COc1ccc(/C=C\c2ccc([N+](=O)[O-])cc2)cc1. The molecule has 0 amide bonds. The first kappa shape index (κ1) is 12.8. The molecule has 2 rings (SSSR count). The van der Waals surface area contributed by atoms with E-state index in [9.17, 15) is 10.1 Å². The fourth-order valence-corrected chi connectivity index (χ4v) is 1.61. The van der Waals surface area contributed by atoms with Crippen molar-refractivity contribution in [1.82, 2.24) is 0 Å². The molecule has 4 heteroatoms. The molecule has 0 atom stereocenters. The Morgan fingerprint density at radius 3 is 1.84 bits per heavy atom. The topological polar surface area (TPSA) is 52.4 Å². The van der Waals surface area contributed by atoms with E-state index in [2.05, 4.69) is 0 Å². The van der Waals surface area contributed by atoms with E-state index in [1.165, 1.54) is 12.1 Å². The van der Waals surface area contributed by atoms with Gasteiger partial charge in [0.25, 0.3) is 5.69 Å². The number of nitrogens with zero attached hydrogens (tertiary/aromatic N) is 1. The van der Waals surface area contributed by atoms with Crippen molar-refractivity contribution in [1.29, 1.82) is 0 Å². The van der Waals surface area contributed by atoms with Crippen molar-refractivity contribution < 1.29 is 9.66 Å². The van der Waals surface area contributed by atoms with E-state index >= 15 is 0 Å². The smallest absolute Gasteiger partial charge is 0.269 e. The van der Waals surface area contributed by atoms with Gasteiger partial charge in [-0.15, -0.1) is 0 Å². The molecule has 0 fully saturated rings. The van der Waals surface area contributed by atoms with Gasteiger partial charge < -0.3 is 4.74 Å². The molecule has 2 aromatic rings. The number of benzene rings is 2. The van der Waals surface area contributed by atoms with Crippen molar-refractivity contribution in [3.8, 4) is 5.75 Å². The van der Waals surface area contributed by atoms with E-state index in [1.807, 2.05) is 36.4 Å². The van der Waals surface area contributed by atoms with Crippen LogP contribution < -0.4 is 4.74 Å². The number of non-ortho nitro benzene ring substituents is 1. The van der Waals surface area contributed by atoms with Crippen LogP contribution in [-0.2, 0) is 0 Å². The zero-order valence-electron chi connectivity index (χ0n) is 10.4. The van der Waals surface area contributed by atoms with Gasteiger partial charge in [0.2, 0.25) is 0 Å². The Bertz CT molecular complexity index is 586. The van der Waals surface area contributed by atoms with Crippen LogP contribution >= 0.6 is 0 Å². The molecule has 0 saturated heterocycles. The summed E-state index contributed by atoms with van der Waals surface area (Å²) in [7, 11) is 1.63. The van der Waals surface area contributed by atoms with Crippen LogP contribution in [0.2, 0.25) is 0 Å². The van der Waals surface area contributed by atoms with Crippen LogP contribution in [0.15, 0.2) is 48.5 Å². The first-order valence-electron chi connectivity index (χ1n) is 5.75. The van der Waals surface area contributed by atoms with E-state index in [0.717, 1.165) is 16.9 Å². The molecule has 0 N–H and O–H groups in total. The Morgan fingerprint density at radius 1 is 0.947 bits per heavy atom. The highest BCUT2D eigenvalue weighted by molar-refractivity contribution is 5.70. The third-order valence-electron chi connectivity index (χ3n) is 2.69. The molecular weight excluding hydrogens is 242 g/mol. The predicted octanol–water partition coefficient (Wildman–Crippen LogP) is 3.77. The van der Waals surface area contributed by atoms with Gasteiger partial charge >= 0.3 is 0 Å². The minimum atomic E-state index is -0.406. The summed E-state index contributed by atoms with van der Waals surface area (Å²) in [4.78, 5) is 10.1. The quantitative estimate of drug-likeness (QED) is 0.474. The zero-order valence-corrected chi connectivity index (χ0v) is 10.4. The van der Waals surface area contributed by atoms with Gasteiger partial charge in [-0.1, -0.05) is 24.3 Å². The number of nitro groups is 1. The highest BCUT2D eigenvalue weighted by Gasteiger charge is 2.02. The molecule has 96 valence electrons. The normalized spacial score (nSPS) is 10.6. The second kappa shape index (κ2) is 5.82. The van der Waals surface area contributed by atoms with Crippen LogP contribution in [0.1, 0.15) is 11.1 Å². The van der Waals surface area contributed by atoms with Crippen molar-refractivity contribution in [2.45, 2.75) is 0 Å². The molecule has 0 heterocycles. The maximum atomic E-state index is 10.5. The fraction of sp³-hybridized carbons (Fsp3) is 0.0667. The average Bonchev–Trinajstić information content (AvgIpc) is 2.46. The van der Waals surface area contributed by atoms with Gasteiger partial charge in [-0.3, -0.25) is 10.1 Å². The second-order valence-electron chi connectivity index (χ2n) is 3.96. The van der Waals surface area contributed by atoms with Gasteiger partial charge in [0.05, 0.1) is 12.0 Å². The molecule has 0 saturated carbocycles. The summed E-state index contributed by atoms with van der Waals surface area (Å²) in [5, 5.41) is 10.5. The maximum absolute atomic E-state index is 10.5. The van der Waals surface area contributed by atoms with Crippen molar-refractivity contribution in [2.24, 2.45) is 0 Å². The van der Waals surface area contributed by atoms with E-state index < -0.39 is 4.92 Å². The van der Waals surface area contributed by atoms with Gasteiger partial charge in [0, 0.05) is 12.1 Å². The van der Waals surface area contributed by atoms with Gasteiger partial charge in [0.15, 0.2) is 0 Å². The van der Waals surface area contributed by atoms with Gasteiger partial charge in [-0.25, -0.2) is 0 Å². The van der Waals surface area contributed by atoms with Crippen LogP contribution in [-0.4, -0.2) is 12.0 Å². The average molecular weight is 255 g/mol. The first-order valence-corrected chi connectivity index (χ1v) is 5.75. The molecule has 0 unspecified atom stereocenters. The standard InChI is InChI=1S/C15H13NO3/c1-19-15-10-6-13(7-11-15)3-2-12-4-8-14(9-5-12)16(17)18/h2-11H,1H3/b3-2-. The maximum Gasteiger partial charge on any atom is 0.269 e. The lowest BCUT2D eigenvalue weighted by molar-refractivity contribution is -0.384. The van der Waals surface area contributed by atoms with Crippen LogP contribution in [0, 0.1) is 10.1 Å². The van der Waals surface area contributed by atoms with Crippen LogP contribution in [0.3, 0.4) is 0 Å².